The predicted molar refractivity (Wildman–Crippen MR) is 142 cm³/mol. The second-order valence-electron chi connectivity index (χ2n) is 8.77. The lowest BCUT2D eigenvalue weighted by atomic mass is 9.98. The van der Waals surface area contributed by atoms with Gasteiger partial charge in [0.15, 0.2) is 5.43 Å². The fourth-order valence-corrected chi connectivity index (χ4v) is 4.90. The van der Waals surface area contributed by atoms with Crippen molar-refractivity contribution in [1.29, 1.82) is 0 Å². The lowest BCUT2D eigenvalue weighted by Gasteiger charge is -2.25. The molecule has 1 aliphatic rings. The zero-order chi connectivity index (χ0) is 25.2. The molecule has 7 heteroatoms. The number of halogens is 1. The summed E-state index contributed by atoms with van der Waals surface area (Å²) in [5.41, 5.74) is 2.24. The highest BCUT2D eigenvalue weighted by Crippen LogP contribution is 2.40. The molecule has 5 rings (SSSR count). The zero-order valence-corrected chi connectivity index (χ0v) is 21.7. The van der Waals surface area contributed by atoms with Crippen molar-refractivity contribution < 1.29 is 18.7 Å². The van der Waals surface area contributed by atoms with E-state index in [4.69, 9.17) is 13.9 Å². The monoisotopic (exact) mass is 547 g/mol. The van der Waals surface area contributed by atoms with Crippen LogP contribution in [0.3, 0.4) is 0 Å². The third-order valence-corrected chi connectivity index (χ3v) is 6.87. The Hall–Kier alpha value is -3.58. The summed E-state index contributed by atoms with van der Waals surface area (Å²) in [6, 6.07) is 19.8. The molecule has 0 spiro atoms. The highest BCUT2D eigenvalue weighted by Gasteiger charge is 2.42. The Bertz CT molecular complexity index is 1480. The van der Waals surface area contributed by atoms with Crippen LogP contribution in [0.1, 0.15) is 53.1 Å². The van der Waals surface area contributed by atoms with Gasteiger partial charge in [0, 0.05) is 11.0 Å². The number of fused-ring (bicyclic) bond motifs is 2. The molecular formula is C29H26BrNO5. The summed E-state index contributed by atoms with van der Waals surface area (Å²) in [6.45, 7) is 3.02. The molecule has 0 radical (unpaired) electrons. The minimum absolute atomic E-state index is 0.0886. The Morgan fingerprint density at radius 1 is 1.00 bits per heavy atom. The molecule has 0 saturated heterocycles. The van der Waals surface area contributed by atoms with Gasteiger partial charge in [0.1, 0.15) is 17.1 Å². The van der Waals surface area contributed by atoms with Gasteiger partial charge in [0.05, 0.1) is 30.7 Å². The molecule has 3 aromatic carbocycles. The van der Waals surface area contributed by atoms with Gasteiger partial charge < -0.3 is 18.8 Å². The fourth-order valence-electron chi connectivity index (χ4n) is 4.54. The maximum atomic E-state index is 13.8. The Kier molecular flexibility index (Phi) is 6.83. The van der Waals surface area contributed by atoms with Crippen LogP contribution in [0.5, 0.6) is 11.5 Å². The van der Waals surface area contributed by atoms with E-state index in [0.29, 0.717) is 35.4 Å². The number of amides is 1. The summed E-state index contributed by atoms with van der Waals surface area (Å²) in [6.07, 6.45) is 1.98. The number of carbonyl (C=O) groups is 1. The summed E-state index contributed by atoms with van der Waals surface area (Å²) < 4.78 is 18.0. The minimum Gasteiger partial charge on any atom is -0.497 e. The molecule has 4 aromatic rings. The molecule has 36 heavy (non-hydrogen) atoms. The van der Waals surface area contributed by atoms with Gasteiger partial charge in [-0.25, -0.2) is 0 Å². The van der Waals surface area contributed by atoms with E-state index < -0.39 is 6.04 Å². The van der Waals surface area contributed by atoms with Crippen LogP contribution >= 0.6 is 15.9 Å². The van der Waals surface area contributed by atoms with Gasteiger partial charge in [0.25, 0.3) is 5.91 Å². The Morgan fingerprint density at radius 2 is 1.81 bits per heavy atom. The van der Waals surface area contributed by atoms with Crippen molar-refractivity contribution in [2.75, 3.05) is 13.7 Å². The lowest BCUT2D eigenvalue weighted by molar-refractivity contribution is 0.0714. The van der Waals surface area contributed by atoms with Crippen LogP contribution in [0.4, 0.5) is 0 Å². The summed E-state index contributed by atoms with van der Waals surface area (Å²) in [5.74, 6) is 1.21. The van der Waals surface area contributed by atoms with Crippen molar-refractivity contribution >= 4 is 32.8 Å². The number of carbonyl (C=O) groups excluding carboxylic acids is 1. The first-order valence-electron chi connectivity index (χ1n) is 11.9. The summed E-state index contributed by atoms with van der Waals surface area (Å²) >= 11 is 3.44. The molecule has 1 amide bonds. The second-order valence-corrected chi connectivity index (χ2v) is 9.69. The van der Waals surface area contributed by atoms with E-state index in [1.54, 1.807) is 30.2 Å². The molecule has 0 fully saturated rings. The van der Waals surface area contributed by atoms with E-state index in [1.165, 1.54) is 0 Å². The second kappa shape index (κ2) is 10.2. The molecule has 1 unspecified atom stereocenters. The molecule has 1 atom stereocenters. The Morgan fingerprint density at radius 3 is 2.56 bits per heavy atom. The van der Waals surface area contributed by atoms with Crippen LogP contribution < -0.4 is 14.9 Å². The lowest BCUT2D eigenvalue weighted by Crippen LogP contribution is -2.29. The van der Waals surface area contributed by atoms with Gasteiger partial charge in [0.2, 0.25) is 5.76 Å². The van der Waals surface area contributed by atoms with Gasteiger partial charge in [-0.3, -0.25) is 9.59 Å². The molecule has 0 N–H and O–H groups in total. The fraction of sp³-hybridized carbons (Fsp3) is 0.241. The molecule has 2 heterocycles. The molecule has 0 saturated carbocycles. The van der Waals surface area contributed by atoms with Crippen molar-refractivity contribution in [2.45, 2.75) is 32.4 Å². The maximum Gasteiger partial charge on any atom is 0.291 e. The average Bonchev–Trinajstić information content (AvgIpc) is 3.17. The summed E-state index contributed by atoms with van der Waals surface area (Å²) in [7, 11) is 1.61. The van der Waals surface area contributed by atoms with Crippen molar-refractivity contribution in [2.24, 2.45) is 0 Å². The number of hydrogen-bond donors (Lipinski definition) is 0. The normalized spacial score (nSPS) is 14.8. The first-order chi connectivity index (χ1) is 17.5. The molecular weight excluding hydrogens is 522 g/mol. The molecule has 1 aromatic heterocycles. The number of hydrogen-bond acceptors (Lipinski definition) is 5. The van der Waals surface area contributed by atoms with E-state index in [0.717, 1.165) is 34.2 Å². The topological polar surface area (TPSA) is 69.0 Å². The van der Waals surface area contributed by atoms with Crippen LogP contribution in [-0.2, 0) is 6.54 Å². The van der Waals surface area contributed by atoms with Gasteiger partial charge in [-0.05, 0) is 60.0 Å². The molecule has 6 nitrogen and oxygen atoms in total. The van der Waals surface area contributed by atoms with Crippen LogP contribution in [0, 0.1) is 0 Å². The number of nitrogens with zero attached hydrogens (tertiary/aromatic N) is 1. The van der Waals surface area contributed by atoms with E-state index in [9.17, 15) is 9.59 Å². The molecule has 184 valence electrons. The summed E-state index contributed by atoms with van der Waals surface area (Å²) in [5, 5.41) is 0.433. The number of ether oxygens (including phenoxy) is 2. The molecule has 0 bridgehead atoms. The number of rotatable bonds is 8. The van der Waals surface area contributed by atoms with E-state index >= 15 is 0 Å². The SMILES string of the molecule is CCCCOc1cccc(C2c3c(oc4ccc(Br)cc4c3=O)C(=O)N2Cc2ccc(OC)cc2)c1. The number of unbranched alkanes of at least 4 members (excludes halogenated alkanes) is 1. The highest BCUT2D eigenvalue weighted by molar-refractivity contribution is 9.10. The maximum absolute atomic E-state index is 13.8. The van der Waals surface area contributed by atoms with E-state index in [2.05, 4.69) is 22.9 Å². The van der Waals surface area contributed by atoms with Crippen molar-refractivity contribution in [3.63, 3.8) is 0 Å². The zero-order valence-electron chi connectivity index (χ0n) is 20.1. The van der Waals surface area contributed by atoms with Gasteiger partial charge in [-0.1, -0.05) is 53.5 Å². The number of benzene rings is 3. The van der Waals surface area contributed by atoms with Crippen molar-refractivity contribution in [1.82, 2.24) is 4.90 Å². The van der Waals surface area contributed by atoms with Crippen LogP contribution in [-0.4, -0.2) is 24.5 Å². The first kappa shape index (κ1) is 24.1. The van der Waals surface area contributed by atoms with Crippen LogP contribution in [0.2, 0.25) is 0 Å². The average molecular weight is 548 g/mol. The largest absolute Gasteiger partial charge is 0.497 e. The van der Waals surface area contributed by atoms with Crippen molar-refractivity contribution in [3.05, 3.63) is 104 Å². The third-order valence-electron chi connectivity index (χ3n) is 6.38. The summed E-state index contributed by atoms with van der Waals surface area (Å²) in [4.78, 5) is 29.2. The van der Waals surface area contributed by atoms with Gasteiger partial charge in [-0.2, -0.15) is 0 Å². The molecule has 0 aliphatic carbocycles. The number of methoxy groups -OCH3 is 1. The van der Waals surface area contributed by atoms with E-state index in [-0.39, 0.29) is 17.1 Å². The quantitative estimate of drug-likeness (QED) is 0.236. The highest BCUT2D eigenvalue weighted by atomic mass is 79.9. The predicted octanol–water partition coefficient (Wildman–Crippen LogP) is 6.49. The Labute approximate surface area is 217 Å². The van der Waals surface area contributed by atoms with Gasteiger partial charge in [-0.15, -0.1) is 0 Å². The Balaban J connectivity index is 1.63. The standard InChI is InChI=1S/C29H26BrNO5/c1-3-4-14-35-22-7-5-6-19(15-22)26-25-27(32)23-16-20(30)10-13-24(23)36-28(25)29(33)31(26)17-18-8-11-21(34-2)12-9-18/h5-13,15-16,26H,3-4,14,17H2,1-2H3. The molecule has 1 aliphatic heterocycles. The third kappa shape index (κ3) is 4.51. The van der Waals surface area contributed by atoms with Crippen LogP contribution in [0.15, 0.2) is 80.4 Å². The first-order valence-corrected chi connectivity index (χ1v) is 12.7. The minimum atomic E-state index is -0.607. The smallest absolute Gasteiger partial charge is 0.291 e. The van der Waals surface area contributed by atoms with E-state index in [1.807, 2.05) is 48.5 Å². The van der Waals surface area contributed by atoms with Gasteiger partial charge >= 0.3 is 0 Å². The van der Waals surface area contributed by atoms with Crippen molar-refractivity contribution in [3.8, 4) is 11.5 Å². The van der Waals surface area contributed by atoms with Crippen LogP contribution in [0.25, 0.3) is 11.0 Å².